The summed E-state index contributed by atoms with van der Waals surface area (Å²) < 4.78 is 29.9. The first-order valence-corrected chi connectivity index (χ1v) is 8.97. The van der Waals surface area contributed by atoms with Crippen LogP contribution in [0.3, 0.4) is 0 Å². The Labute approximate surface area is 127 Å². The van der Waals surface area contributed by atoms with E-state index in [1.165, 1.54) is 0 Å². The number of ether oxygens (including phenoxy) is 1. The number of hydrogen-bond acceptors (Lipinski definition) is 5. The molecular formula is C15H24N2O3S. The van der Waals surface area contributed by atoms with Gasteiger partial charge >= 0.3 is 0 Å². The van der Waals surface area contributed by atoms with E-state index in [1.54, 1.807) is 31.4 Å². The fourth-order valence-electron chi connectivity index (χ4n) is 2.74. The lowest BCUT2D eigenvalue weighted by Crippen LogP contribution is -2.49. The van der Waals surface area contributed by atoms with Crippen LogP contribution in [0.4, 0.5) is 0 Å². The van der Waals surface area contributed by atoms with Crippen LogP contribution in [-0.4, -0.2) is 51.5 Å². The second kappa shape index (κ2) is 7.35. The molecule has 0 bridgehead atoms. The second-order valence-electron chi connectivity index (χ2n) is 5.57. The summed E-state index contributed by atoms with van der Waals surface area (Å²) in [5, 5.41) is 2.12. The number of nitrogens with zero attached hydrogens (tertiary/aromatic N) is 1. The van der Waals surface area contributed by atoms with Gasteiger partial charge < -0.3 is 4.74 Å². The summed E-state index contributed by atoms with van der Waals surface area (Å²) in [6.45, 7) is 3.51. The molecule has 0 unspecified atom stereocenters. The molecule has 1 fully saturated rings. The molecular weight excluding hydrogens is 288 g/mol. The second-order valence-corrected chi connectivity index (χ2v) is 7.60. The Kier molecular flexibility index (Phi) is 5.75. The van der Waals surface area contributed by atoms with Crippen molar-refractivity contribution in [3.05, 3.63) is 30.3 Å². The van der Waals surface area contributed by atoms with Crippen molar-refractivity contribution >= 4 is 9.84 Å². The standard InChI is InChI=1S/C15H24N2O3S/c1-13(16-17-10-6-7-14(17)11-20-2)12-21(18,19)15-8-4-3-5-9-15/h3-5,8-9,13-14,16H,6-7,10-12H2,1-2H3/t13-,14+/m1/s1. The number of hydrogen-bond donors (Lipinski definition) is 1. The molecule has 5 nitrogen and oxygen atoms in total. The van der Waals surface area contributed by atoms with Crippen molar-refractivity contribution in [1.82, 2.24) is 10.4 Å². The molecule has 0 saturated carbocycles. The molecule has 21 heavy (non-hydrogen) atoms. The predicted octanol–water partition coefficient (Wildman–Crippen LogP) is 1.46. The Bertz CT molecular complexity index is 533. The Morgan fingerprint density at radius 3 is 2.76 bits per heavy atom. The molecule has 1 saturated heterocycles. The first-order valence-electron chi connectivity index (χ1n) is 7.32. The van der Waals surface area contributed by atoms with E-state index >= 15 is 0 Å². The zero-order valence-corrected chi connectivity index (χ0v) is 13.5. The lowest BCUT2D eigenvalue weighted by atomic mass is 10.2. The van der Waals surface area contributed by atoms with E-state index in [1.807, 2.05) is 13.0 Å². The van der Waals surface area contributed by atoms with E-state index in [2.05, 4.69) is 10.4 Å². The SMILES string of the molecule is COC[C@@H]1CCCN1N[C@H](C)CS(=O)(=O)c1ccccc1. The van der Waals surface area contributed by atoms with Gasteiger partial charge in [-0.15, -0.1) is 0 Å². The average molecular weight is 312 g/mol. The van der Waals surface area contributed by atoms with Crippen molar-refractivity contribution in [3.63, 3.8) is 0 Å². The van der Waals surface area contributed by atoms with Gasteiger partial charge in [-0.1, -0.05) is 18.2 Å². The smallest absolute Gasteiger partial charge is 0.179 e. The highest BCUT2D eigenvalue weighted by Crippen LogP contribution is 2.16. The summed E-state index contributed by atoms with van der Waals surface area (Å²) in [5.74, 6) is 0.0905. The number of rotatable bonds is 7. The molecule has 118 valence electrons. The van der Waals surface area contributed by atoms with Gasteiger partial charge in [0.15, 0.2) is 9.84 Å². The van der Waals surface area contributed by atoms with Gasteiger partial charge in [-0.25, -0.2) is 13.4 Å². The highest BCUT2D eigenvalue weighted by atomic mass is 32.2. The zero-order valence-electron chi connectivity index (χ0n) is 12.7. The van der Waals surface area contributed by atoms with Gasteiger partial charge in [-0.2, -0.15) is 0 Å². The summed E-state index contributed by atoms with van der Waals surface area (Å²) in [6.07, 6.45) is 2.19. The number of nitrogens with one attached hydrogen (secondary N) is 1. The van der Waals surface area contributed by atoms with Gasteiger partial charge in [0.2, 0.25) is 0 Å². The highest BCUT2D eigenvalue weighted by Gasteiger charge is 2.27. The minimum absolute atomic E-state index is 0.0905. The van der Waals surface area contributed by atoms with Crippen molar-refractivity contribution in [3.8, 4) is 0 Å². The van der Waals surface area contributed by atoms with Crippen molar-refractivity contribution < 1.29 is 13.2 Å². The monoisotopic (exact) mass is 312 g/mol. The van der Waals surface area contributed by atoms with Crippen molar-refractivity contribution in [2.24, 2.45) is 0 Å². The summed E-state index contributed by atoms with van der Waals surface area (Å²) in [7, 11) is -1.56. The largest absolute Gasteiger partial charge is 0.383 e. The van der Waals surface area contributed by atoms with Crippen LogP contribution < -0.4 is 5.43 Å². The van der Waals surface area contributed by atoms with Gasteiger partial charge in [0, 0.05) is 25.7 Å². The third-order valence-electron chi connectivity index (χ3n) is 3.69. The quantitative estimate of drug-likeness (QED) is 0.826. The fourth-order valence-corrected chi connectivity index (χ4v) is 4.24. The first kappa shape index (κ1) is 16.4. The van der Waals surface area contributed by atoms with Crippen LogP contribution in [0.15, 0.2) is 35.2 Å². The van der Waals surface area contributed by atoms with Gasteiger partial charge in [0.05, 0.1) is 17.3 Å². The number of sulfone groups is 1. The molecule has 1 aliphatic heterocycles. The van der Waals surface area contributed by atoms with E-state index in [4.69, 9.17) is 4.74 Å². The van der Waals surface area contributed by atoms with E-state index < -0.39 is 9.84 Å². The van der Waals surface area contributed by atoms with Gasteiger partial charge in [-0.05, 0) is 31.9 Å². The molecule has 0 aliphatic carbocycles. The van der Waals surface area contributed by atoms with Crippen LogP contribution in [0.2, 0.25) is 0 Å². The molecule has 1 N–H and O–H groups in total. The Hall–Kier alpha value is -0.950. The molecule has 0 radical (unpaired) electrons. The first-order chi connectivity index (χ1) is 10.0. The van der Waals surface area contributed by atoms with Gasteiger partial charge in [0.1, 0.15) is 0 Å². The van der Waals surface area contributed by atoms with E-state index in [-0.39, 0.29) is 11.8 Å². The van der Waals surface area contributed by atoms with E-state index in [0.29, 0.717) is 17.5 Å². The molecule has 2 rings (SSSR count). The molecule has 1 aromatic carbocycles. The number of methoxy groups -OCH3 is 1. The minimum atomic E-state index is -3.25. The van der Waals surface area contributed by atoms with Crippen LogP contribution in [0, 0.1) is 0 Å². The highest BCUT2D eigenvalue weighted by molar-refractivity contribution is 7.91. The van der Waals surface area contributed by atoms with Crippen LogP contribution in [0.1, 0.15) is 19.8 Å². The maximum absolute atomic E-state index is 12.3. The molecule has 1 aromatic rings. The summed E-state index contributed by atoms with van der Waals surface area (Å²) in [6, 6.07) is 8.81. The normalized spacial score (nSPS) is 21.5. The lowest BCUT2D eigenvalue weighted by molar-refractivity contribution is 0.0757. The maximum atomic E-state index is 12.3. The van der Waals surface area contributed by atoms with Gasteiger partial charge in [-0.3, -0.25) is 5.43 Å². The third-order valence-corrected chi connectivity index (χ3v) is 5.62. The van der Waals surface area contributed by atoms with Gasteiger partial charge in [0.25, 0.3) is 0 Å². The lowest BCUT2D eigenvalue weighted by Gasteiger charge is -2.28. The van der Waals surface area contributed by atoms with Crippen LogP contribution >= 0.6 is 0 Å². The van der Waals surface area contributed by atoms with Crippen molar-refractivity contribution in [1.29, 1.82) is 0 Å². The molecule has 2 atom stereocenters. The maximum Gasteiger partial charge on any atom is 0.179 e. The molecule has 1 heterocycles. The fraction of sp³-hybridized carbons (Fsp3) is 0.600. The third kappa shape index (κ3) is 4.51. The average Bonchev–Trinajstić information content (AvgIpc) is 2.87. The van der Waals surface area contributed by atoms with Crippen LogP contribution in [0.25, 0.3) is 0 Å². The summed E-state index contributed by atoms with van der Waals surface area (Å²) in [5.41, 5.74) is 3.31. The summed E-state index contributed by atoms with van der Waals surface area (Å²) in [4.78, 5) is 0.383. The molecule has 6 heteroatoms. The molecule has 1 aliphatic rings. The molecule has 0 aromatic heterocycles. The number of benzene rings is 1. The molecule has 0 spiro atoms. The Balaban J connectivity index is 1.94. The van der Waals surface area contributed by atoms with Crippen LogP contribution in [-0.2, 0) is 14.6 Å². The minimum Gasteiger partial charge on any atom is -0.383 e. The number of hydrazine groups is 1. The summed E-state index contributed by atoms with van der Waals surface area (Å²) >= 11 is 0. The molecule has 0 amide bonds. The van der Waals surface area contributed by atoms with Crippen LogP contribution in [0.5, 0.6) is 0 Å². The topological polar surface area (TPSA) is 58.6 Å². The zero-order chi connectivity index (χ0) is 15.3. The van der Waals surface area contributed by atoms with Crippen molar-refractivity contribution in [2.45, 2.75) is 36.7 Å². The van der Waals surface area contributed by atoms with Crippen molar-refractivity contribution in [2.75, 3.05) is 26.0 Å². The van der Waals surface area contributed by atoms with E-state index in [0.717, 1.165) is 19.4 Å². The predicted molar refractivity (Wildman–Crippen MR) is 82.7 cm³/mol. The van der Waals surface area contributed by atoms with E-state index in [9.17, 15) is 8.42 Å². The Morgan fingerprint density at radius 2 is 2.10 bits per heavy atom. The Morgan fingerprint density at radius 1 is 1.38 bits per heavy atom.